The molecule has 1 atom stereocenters. The summed E-state index contributed by atoms with van der Waals surface area (Å²) in [6.45, 7) is 10.2. The summed E-state index contributed by atoms with van der Waals surface area (Å²) in [5, 5.41) is 11.4. The molecule has 0 amide bonds. The lowest BCUT2D eigenvalue weighted by atomic mass is 10.1. The summed E-state index contributed by atoms with van der Waals surface area (Å²) < 4.78 is 7.79. The van der Waals surface area contributed by atoms with Gasteiger partial charge >= 0.3 is 0 Å². The van der Waals surface area contributed by atoms with E-state index in [9.17, 15) is 0 Å². The molecule has 0 aliphatic carbocycles. The highest BCUT2D eigenvalue weighted by molar-refractivity contribution is 5.80. The van der Waals surface area contributed by atoms with Gasteiger partial charge in [0.1, 0.15) is 6.61 Å². The van der Waals surface area contributed by atoms with E-state index in [1.165, 1.54) is 11.3 Å². The molecular weight excluding hydrogens is 400 g/mol. The van der Waals surface area contributed by atoms with Gasteiger partial charge in [0, 0.05) is 37.6 Å². The standard InChI is InChI=1S/C25H34N6O/c1-6-26-25(29-18(2)14-23-19(3)30-31(5)20(23)4)28-16-22-12-13-27-24(15-22)32-17-21-10-8-7-9-11-21/h7-13,15,18H,6,14,16-17H2,1-5H3,(H2,26,28,29). The molecule has 0 radical (unpaired) electrons. The van der Waals surface area contributed by atoms with E-state index >= 15 is 0 Å². The topological polar surface area (TPSA) is 76.4 Å². The summed E-state index contributed by atoms with van der Waals surface area (Å²) in [4.78, 5) is 9.09. The van der Waals surface area contributed by atoms with Crippen molar-refractivity contribution in [2.24, 2.45) is 12.0 Å². The molecule has 1 aromatic carbocycles. The molecule has 3 aromatic rings. The number of rotatable bonds is 9. The molecule has 170 valence electrons. The molecule has 7 nitrogen and oxygen atoms in total. The van der Waals surface area contributed by atoms with Crippen LogP contribution in [0.15, 0.2) is 53.7 Å². The van der Waals surface area contributed by atoms with Crippen LogP contribution in [0.4, 0.5) is 0 Å². The van der Waals surface area contributed by atoms with Crippen LogP contribution in [0.5, 0.6) is 5.88 Å². The van der Waals surface area contributed by atoms with Gasteiger partial charge in [0.05, 0.1) is 12.2 Å². The largest absolute Gasteiger partial charge is 0.473 e. The summed E-state index contributed by atoms with van der Waals surface area (Å²) in [6, 6.07) is 14.2. The van der Waals surface area contributed by atoms with Crippen LogP contribution in [0.1, 0.15) is 41.9 Å². The van der Waals surface area contributed by atoms with Crippen molar-refractivity contribution in [1.82, 2.24) is 25.4 Å². The van der Waals surface area contributed by atoms with Crippen molar-refractivity contribution in [1.29, 1.82) is 0 Å². The normalized spacial score (nSPS) is 12.5. The Bertz CT molecular complexity index is 1030. The van der Waals surface area contributed by atoms with Gasteiger partial charge in [-0.1, -0.05) is 30.3 Å². The smallest absolute Gasteiger partial charge is 0.213 e. The van der Waals surface area contributed by atoms with Crippen molar-refractivity contribution >= 4 is 5.96 Å². The van der Waals surface area contributed by atoms with Crippen LogP contribution in [-0.4, -0.2) is 33.3 Å². The lowest BCUT2D eigenvalue weighted by Gasteiger charge is -2.18. The number of aryl methyl sites for hydroxylation is 2. The zero-order chi connectivity index (χ0) is 22.9. The third-order valence-electron chi connectivity index (χ3n) is 5.35. The quantitative estimate of drug-likeness (QED) is 0.397. The predicted octanol–water partition coefficient (Wildman–Crippen LogP) is 3.70. The second-order valence-electron chi connectivity index (χ2n) is 7.99. The Hall–Kier alpha value is -3.35. The van der Waals surface area contributed by atoms with E-state index < -0.39 is 0 Å². The summed E-state index contributed by atoms with van der Waals surface area (Å²) in [5.74, 6) is 1.40. The molecule has 1 unspecified atom stereocenters. The highest BCUT2D eigenvalue weighted by Gasteiger charge is 2.14. The van der Waals surface area contributed by atoms with Gasteiger partial charge in [-0.25, -0.2) is 9.98 Å². The molecule has 0 spiro atoms. The molecule has 0 saturated heterocycles. The molecule has 2 heterocycles. The van der Waals surface area contributed by atoms with E-state index in [1.54, 1.807) is 6.20 Å². The zero-order valence-corrected chi connectivity index (χ0v) is 19.7. The minimum atomic E-state index is 0.219. The second kappa shape index (κ2) is 11.3. The number of hydrogen-bond donors (Lipinski definition) is 2. The maximum absolute atomic E-state index is 5.84. The third kappa shape index (κ3) is 6.57. The maximum atomic E-state index is 5.84. The van der Waals surface area contributed by atoms with Crippen LogP contribution in [-0.2, 0) is 26.6 Å². The van der Waals surface area contributed by atoms with Crippen LogP contribution in [0, 0.1) is 13.8 Å². The Morgan fingerprint density at radius 3 is 2.62 bits per heavy atom. The number of ether oxygens (including phenoxy) is 1. The molecule has 0 fully saturated rings. The van der Waals surface area contributed by atoms with Crippen molar-refractivity contribution in [2.45, 2.75) is 53.3 Å². The number of guanidine groups is 1. The number of hydrogen-bond acceptors (Lipinski definition) is 4. The van der Waals surface area contributed by atoms with Gasteiger partial charge in [0.2, 0.25) is 5.88 Å². The minimum Gasteiger partial charge on any atom is -0.473 e. The van der Waals surface area contributed by atoms with Gasteiger partial charge in [-0.05, 0) is 56.9 Å². The van der Waals surface area contributed by atoms with Crippen LogP contribution in [0.3, 0.4) is 0 Å². The van der Waals surface area contributed by atoms with Gasteiger partial charge < -0.3 is 15.4 Å². The van der Waals surface area contributed by atoms with Gasteiger partial charge in [0.15, 0.2) is 5.96 Å². The van der Waals surface area contributed by atoms with Crippen LogP contribution in [0.25, 0.3) is 0 Å². The predicted molar refractivity (Wildman–Crippen MR) is 129 cm³/mol. The van der Waals surface area contributed by atoms with Gasteiger partial charge in [-0.15, -0.1) is 0 Å². The number of nitrogens with zero attached hydrogens (tertiary/aromatic N) is 4. The first-order valence-electron chi connectivity index (χ1n) is 11.1. The zero-order valence-electron chi connectivity index (χ0n) is 19.7. The lowest BCUT2D eigenvalue weighted by Crippen LogP contribution is -2.43. The Kier molecular flexibility index (Phi) is 8.25. The summed E-state index contributed by atoms with van der Waals surface area (Å²) in [7, 11) is 1.99. The summed E-state index contributed by atoms with van der Waals surface area (Å²) >= 11 is 0. The van der Waals surface area contributed by atoms with Crippen LogP contribution < -0.4 is 15.4 Å². The molecule has 2 aromatic heterocycles. The molecule has 7 heteroatoms. The van der Waals surface area contributed by atoms with Gasteiger partial charge in [-0.3, -0.25) is 4.68 Å². The monoisotopic (exact) mass is 434 g/mol. The van der Waals surface area contributed by atoms with Crippen molar-refractivity contribution in [3.63, 3.8) is 0 Å². The highest BCUT2D eigenvalue weighted by Crippen LogP contribution is 2.15. The average Bonchev–Trinajstić information content (AvgIpc) is 3.03. The third-order valence-corrected chi connectivity index (χ3v) is 5.35. The Morgan fingerprint density at radius 1 is 1.16 bits per heavy atom. The number of aliphatic imine (C=N–C) groups is 1. The van der Waals surface area contributed by atoms with E-state index in [-0.39, 0.29) is 6.04 Å². The maximum Gasteiger partial charge on any atom is 0.213 e. The molecule has 0 bridgehead atoms. The minimum absolute atomic E-state index is 0.219. The molecule has 0 saturated carbocycles. The fourth-order valence-corrected chi connectivity index (χ4v) is 3.55. The van der Waals surface area contributed by atoms with Crippen molar-refractivity contribution in [3.05, 3.63) is 76.7 Å². The fraction of sp³-hybridized carbons (Fsp3) is 0.400. The van der Waals surface area contributed by atoms with Gasteiger partial charge in [0.25, 0.3) is 0 Å². The summed E-state index contributed by atoms with van der Waals surface area (Å²) in [5.41, 5.74) is 5.74. The molecule has 3 rings (SSSR count). The van der Waals surface area contributed by atoms with E-state index in [0.29, 0.717) is 19.0 Å². The average molecular weight is 435 g/mol. The molecule has 2 N–H and O–H groups in total. The molecule has 32 heavy (non-hydrogen) atoms. The first-order chi connectivity index (χ1) is 15.5. The SMILES string of the molecule is CCNC(=NCc1ccnc(OCc2ccccc2)c1)NC(C)Cc1c(C)nn(C)c1C. The van der Waals surface area contributed by atoms with E-state index in [4.69, 9.17) is 9.73 Å². The van der Waals surface area contributed by atoms with Crippen molar-refractivity contribution in [2.75, 3.05) is 6.54 Å². The number of aromatic nitrogens is 3. The number of nitrogens with one attached hydrogen (secondary N) is 2. The van der Waals surface area contributed by atoms with Crippen LogP contribution >= 0.6 is 0 Å². The molecular formula is C25H34N6O. The van der Waals surface area contributed by atoms with E-state index in [1.807, 2.05) is 54.2 Å². The lowest BCUT2D eigenvalue weighted by molar-refractivity contribution is 0.293. The Morgan fingerprint density at radius 2 is 1.94 bits per heavy atom. The van der Waals surface area contributed by atoms with Crippen molar-refractivity contribution in [3.8, 4) is 5.88 Å². The molecule has 0 aliphatic heterocycles. The second-order valence-corrected chi connectivity index (χ2v) is 7.99. The van der Waals surface area contributed by atoms with Crippen LogP contribution in [0.2, 0.25) is 0 Å². The molecule has 0 aliphatic rings. The fourth-order valence-electron chi connectivity index (χ4n) is 3.55. The van der Waals surface area contributed by atoms with E-state index in [0.717, 1.165) is 35.7 Å². The van der Waals surface area contributed by atoms with Gasteiger partial charge in [-0.2, -0.15) is 5.10 Å². The number of pyridine rings is 1. The number of benzene rings is 1. The highest BCUT2D eigenvalue weighted by atomic mass is 16.5. The van der Waals surface area contributed by atoms with Crippen molar-refractivity contribution < 1.29 is 4.74 Å². The first kappa shape index (κ1) is 23.3. The van der Waals surface area contributed by atoms with E-state index in [2.05, 4.69) is 48.4 Å². The summed E-state index contributed by atoms with van der Waals surface area (Å²) in [6.07, 6.45) is 2.66. The first-order valence-corrected chi connectivity index (χ1v) is 11.1. The Labute approximate surface area is 190 Å². The Balaban J connectivity index is 1.60.